The average molecular weight is 387 g/mol. The van der Waals surface area contributed by atoms with Crippen LogP contribution in [0.5, 0.6) is 0 Å². The van der Waals surface area contributed by atoms with E-state index < -0.39 is 0 Å². The molecule has 0 aliphatic carbocycles. The Kier molecular flexibility index (Phi) is 6.39. The van der Waals surface area contributed by atoms with E-state index in [1.807, 2.05) is 32.0 Å². The molecular weight excluding hydrogens is 360 g/mol. The number of nitrogens with zero attached hydrogens (tertiary/aromatic N) is 4. The number of anilines is 1. The fraction of sp³-hybridized carbons (Fsp3) is 0.474. The molecule has 0 saturated carbocycles. The van der Waals surface area contributed by atoms with Gasteiger partial charge in [0.25, 0.3) is 0 Å². The van der Waals surface area contributed by atoms with Gasteiger partial charge in [-0.15, -0.1) is 0 Å². The molecular formula is C19H26N6OS. The van der Waals surface area contributed by atoms with E-state index >= 15 is 0 Å². The first-order valence-electron chi connectivity index (χ1n) is 9.23. The summed E-state index contributed by atoms with van der Waals surface area (Å²) in [4.78, 5) is 15.8. The van der Waals surface area contributed by atoms with Gasteiger partial charge in [-0.1, -0.05) is 6.92 Å². The number of piperidine rings is 1. The van der Waals surface area contributed by atoms with Crippen molar-refractivity contribution in [3.63, 3.8) is 0 Å². The van der Waals surface area contributed by atoms with Crippen LogP contribution >= 0.6 is 12.2 Å². The molecule has 2 N–H and O–H groups in total. The van der Waals surface area contributed by atoms with Crippen molar-refractivity contribution >= 4 is 29.2 Å². The lowest BCUT2D eigenvalue weighted by Gasteiger charge is -2.33. The van der Waals surface area contributed by atoms with Crippen molar-refractivity contribution in [3.8, 4) is 0 Å². The molecule has 1 aliphatic heterocycles. The Hall–Kier alpha value is -2.48. The molecule has 27 heavy (non-hydrogen) atoms. The second-order valence-corrected chi connectivity index (χ2v) is 7.35. The van der Waals surface area contributed by atoms with E-state index in [-0.39, 0.29) is 0 Å². The Morgan fingerprint density at radius 2 is 2.15 bits per heavy atom. The third kappa shape index (κ3) is 5.75. The molecule has 1 aliphatic rings. The minimum Gasteiger partial charge on any atom is -0.467 e. The Morgan fingerprint density at radius 3 is 2.81 bits per heavy atom. The molecule has 1 saturated heterocycles. The predicted molar refractivity (Wildman–Crippen MR) is 111 cm³/mol. The number of aromatic nitrogens is 2. The fourth-order valence-electron chi connectivity index (χ4n) is 3.15. The van der Waals surface area contributed by atoms with E-state index in [4.69, 9.17) is 16.6 Å². The van der Waals surface area contributed by atoms with E-state index in [0.29, 0.717) is 29.5 Å². The van der Waals surface area contributed by atoms with Crippen molar-refractivity contribution in [2.75, 3.05) is 18.4 Å². The highest BCUT2D eigenvalue weighted by atomic mass is 32.1. The molecule has 7 nitrogen and oxygen atoms in total. The molecule has 1 fully saturated rings. The van der Waals surface area contributed by atoms with Gasteiger partial charge in [0.2, 0.25) is 11.9 Å². The van der Waals surface area contributed by atoms with Gasteiger partial charge in [0.1, 0.15) is 5.76 Å². The number of aryl methyl sites for hydroxylation is 2. The third-order valence-electron chi connectivity index (χ3n) is 4.36. The third-order valence-corrected chi connectivity index (χ3v) is 4.60. The topological polar surface area (TPSA) is 78.6 Å². The Labute approximate surface area is 165 Å². The minimum atomic E-state index is 0.400. The van der Waals surface area contributed by atoms with Gasteiger partial charge in [-0.05, 0) is 63.0 Å². The Morgan fingerprint density at radius 1 is 1.37 bits per heavy atom. The molecule has 1 unspecified atom stereocenters. The molecule has 0 spiro atoms. The van der Waals surface area contributed by atoms with Crippen LogP contribution in [0.1, 0.15) is 36.9 Å². The predicted octanol–water partition coefficient (Wildman–Crippen LogP) is 3.26. The SMILES string of the molecule is Cc1cc(C)nc(N/C(=N/C(=S)NCc2ccco2)N2CCCC(C)C2)n1. The molecule has 0 amide bonds. The van der Waals surface area contributed by atoms with Crippen LogP contribution in [0.25, 0.3) is 0 Å². The first-order chi connectivity index (χ1) is 13.0. The maximum atomic E-state index is 5.42. The number of nitrogens with one attached hydrogen (secondary N) is 2. The van der Waals surface area contributed by atoms with Crippen LogP contribution in [0.15, 0.2) is 33.9 Å². The van der Waals surface area contributed by atoms with Crippen molar-refractivity contribution in [1.29, 1.82) is 0 Å². The number of guanidine groups is 1. The van der Waals surface area contributed by atoms with Crippen molar-refractivity contribution in [2.45, 2.75) is 40.2 Å². The molecule has 3 heterocycles. The average Bonchev–Trinajstić information content (AvgIpc) is 3.12. The largest absolute Gasteiger partial charge is 0.467 e. The second kappa shape index (κ2) is 8.94. The summed E-state index contributed by atoms with van der Waals surface area (Å²) < 4.78 is 5.32. The van der Waals surface area contributed by atoms with Gasteiger partial charge in [-0.3, -0.25) is 5.32 Å². The summed E-state index contributed by atoms with van der Waals surface area (Å²) in [5.41, 5.74) is 1.82. The number of thiocarbonyl (C=S) groups is 1. The molecule has 2 aromatic heterocycles. The fourth-order valence-corrected chi connectivity index (χ4v) is 3.31. The van der Waals surface area contributed by atoms with Crippen molar-refractivity contribution in [1.82, 2.24) is 20.2 Å². The first-order valence-corrected chi connectivity index (χ1v) is 9.63. The van der Waals surface area contributed by atoms with Gasteiger partial charge < -0.3 is 14.6 Å². The standard InChI is InChI=1S/C19H26N6OS/c1-13-6-4-8-25(12-13)18(23-17-21-14(2)10-15(3)22-17)24-19(27)20-11-16-7-5-9-26-16/h5,7,9-10,13H,4,6,8,11-12H2,1-3H3,(H2,20,21,22,23,24,27). The van der Waals surface area contributed by atoms with E-state index in [1.165, 1.54) is 6.42 Å². The van der Waals surface area contributed by atoms with Gasteiger partial charge >= 0.3 is 0 Å². The molecule has 3 rings (SSSR count). The maximum absolute atomic E-state index is 5.42. The molecule has 144 valence electrons. The minimum absolute atomic E-state index is 0.400. The highest BCUT2D eigenvalue weighted by Crippen LogP contribution is 2.17. The van der Waals surface area contributed by atoms with Crippen molar-refractivity contribution < 1.29 is 4.42 Å². The van der Waals surface area contributed by atoms with Gasteiger partial charge in [0.15, 0.2) is 5.11 Å². The Bertz CT molecular complexity index is 784. The number of rotatable bonds is 3. The summed E-state index contributed by atoms with van der Waals surface area (Å²) in [5, 5.41) is 6.79. The van der Waals surface area contributed by atoms with Crippen LogP contribution < -0.4 is 10.6 Å². The van der Waals surface area contributed by atoms with Gasteiger partial charge in [-0.2, -0.15) is 4.99 Å². The maximum Gasteiger partial charge on any atom is 0.229 e. The summed E-state index contributed by atoms with van der Waals surface area (Å²) in [5.74, 6) is 2.64. The van der Waals surface area contributed by atoms with E-state index in [1.54, 1.807) is 6.26 Å². The van der Waals surface area contributed by atoms with Crippen molar-refractivity contribution in [2.24, 2.45) is 10.9 Å². The highest BCUT2D eigenvalue weighted by Gasteiger charge is 2.21. The summed E-state index contributed by atoms with van der Waals surface area (Å²) in [6, 6.07) is 5.69. The van der Waals surface area contributed by atoms with Crippen LogP contribution in [0.3, 0.4) is 0 Å². The lowest BCUT2D eigenvalue weighted by molar-refractivity contribution is 0.273. The molecule has 8 heteroatoms. The molecule has 2 aromatic rings. The van der Waals surface area contributed by atoms with Crippen molar-refractivity contribution in [3.05, 3.63) is 41.6 Å². The van der Waals surface area contributed by atoms with Crippen LogP contribution in [0.4, 0.5) is 5.95 Å². The monoisotopic (exact) mass is 386 g/mol. The summed E-state index contributed by atoms with van der Waals surface area (Å²) in [6.07, 6.45) is 4.00. The van der Waals surface area contributed by atoms with E-state index in [2.05, 4.69) is 37.4 Å². The molecule has 0 aromatic carbocycles. The van der Waals surface area contributed by atoms with Gasteiger partial charge in [-0.25, -0.2) is 9.97 Å². The van der Waals surface area contributed by atoms with Crippen LogP contribution in [-0.2, 0) is 6.54 Å². The lowest BCUT2D eigenvalue weighted by Crippen LogP contribution is -2.44. The molecule has 1 atom stereocenters. The summed E-state index contributed by atoms with van der Waals surface area (Å²) >= 11 is 5.42. The number of aliphatic imine (C=N–C) groups is 1. The summed E-state index contributed by atoms with van der Waals surface area (Å²) in [6.45, 7) is 8.52. The number of furan rings is 1. The van der Waals surface area contributed by atoms with Crippen LogP contribution in [0, 0.1) is 19.8 Å². The molecule has 0 radical (unpaired) electrons. The normalized spacial score (nSPS) is 17.7. The zero-order chi connectivity index (χ0) is 19.2. The first kappa shape index (κ1) is 19.3. The molecule has 0 bridgehead atoms. The number of hydrogen-bond acceptors (Lipinski definition) is 4. The number of likely N-dealkylation sites (tertiary alicyclic amines) is 1. The quantitative estimate of drug-likeness (QED) is 0.476. The Balaban J connectivity index is 1.76. The smallest absolute Gasteiger partial charge is 0.229 e. The van der Waals surface area contributed by atoms with Crippen LogP contribution in [-0.4, -0.2) is 39.0 Å². The summed E-state index contributed by atoms with van der Waals surface area (Å²) in [7, 11) is 0. The van der Waals surface area contributed by atoms with Gasteiger partial charge in [0, 0.05) is 24.5 Å². The number of hydrogen-bond donors (Lipinski definition) is 2. The lowest BCUT2D eigenvalue weighted by atomic mass is 10.0. The second-order valence-electron chi connectivity index (χ2n) is 6.97. The zero-order valence-corrected chi connectivity index (χ0v) is 16.8. The van der Waals surface area contributed by atoms with Crippen LogP contribution in [0.2, 0.25) is 0 Å². The zero-order valence-electron chi connectivity index (χ0n) is 16.0. The van der Waals surface area contributed by atoms with Gasteiger partial charge in [0.05, 0.1) is 12.8 Å². The van der Waals surface area contributed by atoms with E-state index in [9.17, 15) is 0 Å². The highest BCUT2D eigenvalue weighted by molar-refractivity contribution is 7.80. The van der Waals surface area contributed by atoms with E-state index in [0.717, 1.165) is 36.7 Å².